The average molecular weight is 260 g/mol. The van der Waals surface area contributed by atoms with Gasteiger partial charge in [-0.05, 0) is 37.1 Å². The van der Waals surface area contributed by atoms with Gasteiger partial charge in [0, 0.05) is 0 Å². The van der Waals surface area contributed by atoms with Crippen molar-refractivity contribution in [1.82, 2.24) is 9.97 Å². The third-order valence-electron chi connectivity index (χ3n) is 2.65. The van der Waals surface area contributed by atoms with Gasteiger partial charge in [-0.3, -0.25) is 14.8 Å². The summed E-state index contributed by atoms with van der Waals surface area (Å²) in [4.78, 5) is 26.3. The van der Waals surface area contributed by atoms with Crippen molar-refractivity contribution in [1.29, 1.82) is 0 Å². The van der Waals surface area contributed by atoms with Gasteiger partial charge in [0.1, 0.15) is 0 Å². The number of aromatic hydroxyl groups is 1. The summed E-state index contributed by atoms with van der Waals surface area (Å²) in [6, 6.07) is 5.42. The maximum Gasteiger partial charge on any atom is 0.328 e. The zero-order chi connectivity index (χ0) is 14.0. The topological polar surface area (TPSA) is 111 Å². The number of hydrogen-bond acceptors (Lipinski definition) is 5. The SMILES string of the molecule is Cc1ccc(N=Nc2c(O)[nH]c(=O)[nH]c2=O)cc1C. The number of aromatic amines is 2. The number of H-pyrrole nitrogens is 2. The van der Waals surface area contributed by atoms with E-state index in [1.54, 1.807) is 12.1 Å². The van der Waals surface area contributed by atoms with Crippen LogP contribution in [0.5, 0.6) is 5.88 Å². The van der Waals surface area contributed by atoms with Crippen molar-refractivity contribution in [2.24, 2.45) is 10.2 Å². The molecule has 0 radical (unpaired) electrons. The van der Waals surface area contributed by atoms with Crippen molar-refractivity contribution < 1.29 is 5.11 Å². The smallest absolute Gasteiger partial charge is 0.328 e. The summed E-state index contributed by atoms with van der Waals surface area (Å²) in [7, 11) is 0. The number of azo groups is 1. The molecule has 0 spiro atoms. The largest absolute Gasteiger partial charge is 0.493 e. The molecule has 0 aliphatic carbocycles. The molecule has 0 saturated carbocycles. The van der Waals surface area contributed by atoms with Crippen molar-refractivity contribution in [3.05, 3.63) is 50.2 Å². The van der Waals surface area contributed by atoms with E-state index < -0.39 is 17.1 Å². The molecule has 0 amide bonds. The molecule has 0 unspecified atom stereocenters. The highest BCUT2D eigenvalue weighted by Crippen LogP contribution is 2.22. The first-order valence-electron chi connectivity index (χ1n) is 5.52. The Kier molecular flexibility index (Phi) is 3.28. The third-order valence-corrected chi connectivity index (χ3v) is 2.65. The second-order valence-corrected chi connectivity index (χ2v) is 4.07. The summed E-state index contributed by atoms with van der Waals surface area (Å²) < 4.78 is 0. The molecule has 0 fully saturated rings. The second-order valence-electron chi connectivity index (χ2n) is 4.07. The van der Waals surface area contributed by atoms with Gasteiger partial charge < -0.3 is 5.11 Å². The molecule has 2 rings (SSSR count). The molecule has 98 valence electrons. The van der Waals surface area contributed by atoms with Crippen LogP contribution >= 0.6 is 0 Å². The van der Waals surface area contributed by atoms with Gasteiger partial charge in [0.25, 0.3) is 5.56 Å². The number of aryl methyl sites for hydroxylation is 2. The van der Waals surface area contributed by atoms with E-state index >= 15 is 0 Å². The quantitative estimate of drug-likeness (QED) is 0.716. The van der Waals surface area contributed by atoms with Crippen LogP contribution in [0.4, 0.5) is 11.4 Å². The molecule has 1 aromatic carbocycles. The maximum absolute atomic E-state index is 11.4. The van der Waals surface area contributed by atoms with E-state index in [-0.39, 0.29) is 5.69 Å². The van der Waals surface area contributed by atoms with Crippen molar-refractivity contribution in [2.45, 2.75) is 13.8 Å². The van der Waals surface area contributed by atoms with Crippen LogP contribution in [0.25, 0.3) is 0 Å². The number of rotatable bonds is 2. The van der Waals surface area contributed by atoms with Gasteiger partial charge in [-0.2, -0.15) is 5.11 Å². The van der Waals surface area contributed by atoms with Crippen LogP contribution in [0, 0.1) is 13.8 Å². The number of aromatic nitrogens is 2. The molecule has 0 bridgehead atoms. The second kappa shape index (κ2) is 4.89. The van der Waals surface area contributed by atoms with Crippen molar-refractivity contribution in [3.8, 4) is 5.88 Å². The van der Waals surface area contributed by atoms with Gasteiger partial charge in [-0.25, -0.2) is 4.79 Å². The normalized spacial score (nSPS) is 11.1. The Hall–Kier alpha value is -2.70. The lowest BCUT2D eigenvalue weighted by molar-refractivity contribution is 0.450. The summed E-state index contributed by atoms with van der Waals surface area (Å²) in [6.07, 6.45) is 0. The average Bonchev–Trinajstić information content (AvgIpc) is 2.32. The first-order chi connectivity index (χ1) is 8.97. The van der Waals surface area contributed by atoms with Gasteiger partial charge in [0.15, 0.2) is 0 Å². The van der Waals surface area contributed by atoms with E-state index in [0.29, 0.717) is 5.69 Å². The highest BCUT2D eigenvalue weighted by Gasteiger charge is 2.07. The van der Waals surface area contributed by atoms with E-state index in [9.17, 15) is 14.7 Å². The molecule has 1 aromatic heterocycles. The molecule has 7 nitrogen and oxygen atoms in total. The van der Waals surface area contributed by atoms with E-state index in [4.69, 9.17) is 0 Å². The highest BCUT2D eigenvalue weighted by molar-refractivity contribution is 5.46. The standard InChI is InChI=1S/C12H12N4O3/c1-6-3-4-8(5-7(6)2)15-16-9-10(17)13-12(19)14-11(9)18/h3-5H,1-2H3,(H3,13,14,17,18,19). The summed E-state index contributed by atoms with van der Waals surface area (Å²) in [5, 5.41) is 16.9. The fourth-order valence-corrected chi connectivity index (χ4v) is 1.46. The predicted octanol–water partition coefficient (Wildman–Crippen LogP) is 1.80. The van der Waals surface area contributed by atoms with Gasteiger partial charge in [0.05, 0.1) is 5.69 Å². The fourth-order valence-electron chi connectivity index (χ4n) is 1.46. The number of nitrogens with one attached hydrogen (secondary N) is 2. The fraction of sp³-hybridized carbons (Fsp3) is 0.167. The van der Waals surface area contributed by atoms with Crippen LogP contribution < -0.4 is 11.2 Å². The Morgan fingerprint density at radius 2 is 1.79 bits per heavy atom. The van der Waals surface area contributed by atoms with E-state index in [0.717, 1.165) is 11.1 Å². The van der Waals surface area contributed by atoms with Crippen molar-refractivity contribution in [3.63, 3.8) is 0 Å². The zero-order valence-corrected chi connectivity index (χ0v) is 10.4. The monoisotopic (exact) mass is 260 g/mol. The molecule has 0 aliphatic heterocycles. The summed E-state index contributed by atoms with van der Waals surface area (Å²) >= 11 is 0. The van der Waals surface area contributed by atoms with Gasteiger partial charge in [-0.1, -0.05) is 6.07 Å². The summed E-state index contributed by atoms with van der Waals surface area (Å²) in [6.45, 7) is 3.90. The Bertz CT molecular complexity index is 758. The molecule has 7 heteroatoms. The minimum Gasteiger partial charge on any atom is -0.493 e. The minimum absolute atomic E-state index is 0.335. The van der Waals surface area contributed by atoms with Gasteiger partial charge >= 0.3 is 5.69 Å². The third kappa shape index (κ3) is 2.76. The Balaban J connectivity index is 2.40. The molecular formula is C12H12N4O3. The number of benzene rings is 1. The lowest BCUT2D eigenvalue weighted by Gasteiger charge is -1.99. The molecule has 19 heavy (non-hydrogen) atoms. The molecule has 0 aliphatic rings. The highest BCUT2D eigenvalue weighted by atomic mass is 16.3. The van der Waals surface area contributed by atoms with Crippen LogP contribution in [0.1, 0.15) is 11.1 Å². The van der Waals surface area contributed by atoms with Crippen molar-refractivity contribution in [2.75, 3.05) is 0 Å². The number of hydrogen-bond donors (Lipinski definition) is 3. The summed E-state index contributed by atoms with van der Waals surface area (Å²) in [5.74, 6) is -0.610. The lowest BCUT2D eigenvalue weighted by Crippen LogP contribution is -2.20. The lowest BCUT2D eigenvalue weighted by atomic mass is 10.1. The molecule has 2 aromatic rings. The molecule has 1 heterocycles. The molecular weight excluding hydrogens is 248 g/mol. The van der Waals surface area contributed by atoms with Crippen LogP contribution in [0.15, 0.2) is 38.0 Å². The maximum atomic E-state index is 11.4. The summed E-state index contributed by atoms with van der Waals surface area (Å²) in [5.41, 5.74) is 0.770. The van der Waals surface area contributed by atoms with E-state index in [1.165, 1.54) is 0 Å². The van der Waals surface area contributed by atoms with Gasteiger partial charge in [0.2, 0.25) is 11.6 Å². The Morgan fingerprint density at radius 3 is 2.42 bits per heavy atom. The molecule has 0 saturated heterocycles. The molecule has 3 N–H and O–H groups in total. The zero-order valence-electron chi connectivity index (χ0n) is 10.4. The predicted molar refractivity (Wildman–Crippen MR) is 69.4 cm³/mol. The van der Waals surface area contributed by atoms with E-state index in [1.807, 2.05) is 29.9 Å². The van der Waals surface area contributed by atoms with Crippen LogP contribution in [0.2, 0.25) is 0 Å². The Morgan fingerprint density at radius 1 is 1.05 bits per heavy atom. The number of nitrogens with zero attached hydrogens (tertiary/aromatic N) is 2. The Labute approximate surface area is 107 Å². The van der Waals surface area contributed by atoms with Crippen molar-refractivity contribution >= 4 is 11.4 Å². The van der Waals surface area contributed by atoms with Crippen LogP contribution in [0.3, 0.4) is 0 Å². The first-order valence-corrected chi connectivity index (χ1v) is 5.52. The van der Waals surface area contributed by atoms with E-state index in [2.05, 4.69) is 10.2 Å². The van der Waals surface area contributed by atoms with Crippen LogP contribution in [-0.4, -0.2) is 15.1 Å². The van der Waals surface area contributed by atoms with Gasteiger partial charge in [-0.15, -0.1) is 5.11 Å². The molecule has 0 atom stereocenters. The first kappa shape index (κ1) is 12.7. The van der Waals surface area contributed by atoms with Crippen LogP contribution in [-0.2, 0) is 0 Å². The minimum atomic E-state index is -0.798.